The number of rotatable bonds is 6. The first kappa shape index (κ1) is 12.1. The summed E-state index contributed by atoms with van der Waals surface area (Å²) in [5.74, 6) is -0.153. The quantitative estimate of drug-likeness (QED) is 0.780. The van der Waals surface area contributed by atoms with Crippen LogP contribution in [0.3, 0.4) is 0 Å². The normalized spacial score (nSPS) is 12.7. The Hall–Kier alpha value is -0.930. The molecule has 1 aromatic carbocycles. The van der Waals surface area contributed by atoms with E-state index in [1.807, 2.05) is 19.1 Å². The van der Waals surface area contributed by atoms with Crippen LogP contribution in [0, 0.1) is 5.82 Å². The highest BCUT2D eigenvalue weighted by Gasteiger charge is 2.13. The lowest BCUT2D eigenvalue weighted by Crippen LogP contribution is -2.23. The van der Waals surface area contributed by atoms with E-state index in [0.29, 0.717) is 6.61 Å². The molecule has 0 amide bonds. The predicted molar refractivity (Wildman–Crippen MR) is 59.3 cm³/mol. The molecule has 0 aliphatic rings. The molecule has 0 aliphatic heterocycles. The van der Waals surface area contributed by atoms with Gasteiger partial charge in [-0.25, -0.2) is 4.39 Å². The minimum absolute atomic E-state index is 0.0381. The van der Waals surface area contributed by atoms with Gasteiger partial charge in [0, 0.05) is 25.3 Å². The summed E-state index contributed by atoms with van der Waals surface area (Å²) in [6.45, 7) is 3.47. The van der Waals surface area contributed by atoms with E-state index < -0.39 is 0 Å². The summed E-state index contributed by atoms with van der Waals surface area (Å²) < 4.78 is 18.5. The first-order chi connectivity index (χ1) is 7.29. The molecule has 0 heterocycles. The molecule has 0 fully saturated rings. The molecule has 0 radical (unpaired) electrons. The van der Waals surface area contributed by atoms with E-state index in [4.69, 9.17) is 4.74 Å². The Morgan fingerprint density at radius 3 is 2.73 bits per heavy atom. The van der Waals surface area contributed by atoms with Crippen molar-refractivity contribution in [1.82, 2.24) is 5.32 Å². The minimum atomic E-state index is -0.153. The summed E-state index contributed by atoms with van der Waals surface area (Å²) in [4.78, 5) is 0. The van der Waals surface area contributed by atoms with Crippen molar-refractivity contribution in [2.45, 2.75) is 19.4 Å². The van der Waals surface area contributed by atoms with Crippen LogP contribution >= 0.6 is 0 Å². The fraction of sp³-hybridized carbons (Fsp3) is 0.500. The second kappa shape index (κ2) is 6.53. The van der Waals surface area contributed by atoms with Gasteiger partial charge in [0.2, 0.25) is 0 Å². The second-order valence-corrected chi connectivity index (χ2v) is 3.41. The largest absolute Gasteiger partial charge is 0.385 e. The average molecular weight is 211 g/mol. The van der Waals surface area contributed by atoms with Gasteiger partial charge in [-0.2, -0.15) is 0 Å². The van der Waals surface area contributed by atoms with Crippen molar-refractivity contribution < 1.29 is 9.13 Å². The van der Waals surface area contributed by atoms with Crippen LogP contribution in [0.15, 0.2) is 24.3 Å². The molecule has 1 N–H and O–H groups in total. The summed E-state index contributed by atoms with van der Waals surface area (Å²) in [6, 6.07) is 6.91. The van der Waals surface area contributed by atoms with Crippen molar-refractivity contribution in [3.8, 4) is 0 Å². The monoisotopic (exact) mass is 211 g/mol. The zero-order valence-corrected chi connectivity index (χ0v) is 9.29. The van der Waals surface area contributed by atoms with Crippen LogP contribution in [0.1, 0.15) is 24.9 Å². The van der Waals surface area contributed by atoms with E-state index in [2.05, 4.69) is 5.32 Å². The summed E-state index contributed by atoms with van der Waals surface area (Å²) in [6.07, 6.45) is 0.783. The van der Waals surface area contributed by atoms with Crippen molar-refractivity contribution in [2.24, 2.45) is 0 Å². The molecule has 1 aromatic rings. The van der Waals surface area contributed by atoms with Crippen molar-refractivity contribution in [2.75, 3.05) is 20.3 Å². The number of hydrogen-bond donors (Lipinski definition) is 1. The van der Waals surface area contributed by atoms with Crippen molar-refractivity contribution >= 4 is 0 Å². The molecule has 1 atom stereocenters. The van der Waals surface area contributed by atoms with E-state index in [9.17, 15) is 4.39 Å². The van der Waals surface area contributed by atoms with E-state index in [-0.39, 0.29) is 11.9 Å². The van der Waals surface area contributed by atoms with E-state index in [1.165, 1.54) is 6.07 Å². The molecule has 1 unspecified atom stereocenters. The fourth-order valence-corrected chi connectivity index (χ4v) is 1.61. The molecule has 0 aliphatic carbocycles. The Morgan fingerprint density at radius 1 is 1.40 bits per heavy atom. The van der Waals surface area contributed by atoms with Crippen LogP contribution in [-0.2, 0) is 4.74 Å². The van der Waals surface area contributed by atoms with Crippen molar-refractivity contribution in [3.05, 3.63) is 35.6 Å². The van der Waals surface area contributed by atoms with Crippen molar-refractivity contribution in [1.29, 1.82) is 0 Å². The highest BCUT2D eigenvalue weighted by atomic mass is 19.1. The molecule has 0 saturated heterocycles. The molecule has 0 bridgehead atoms. The maximum atomic E-state index is 13.5. The molecule has 0 aromatic heterocycles. The van der Waals surface area contributed by atoms with Gasteiger partial charge < -0.3 is 10.1 Å². The lowest BCUT2D eigenvalue weighted by molar-refractivity contribution is 0.182. The Labute approximate surface area is 90.4 Å². The third kappa shape index (κ3) is 3.61. The topological polar surface area (TPSA) is 21.3 Å². The standard InChI is InChI=1S/C12H18FNO/c1-3-14-12(8-9-15-2)10-6-4-5-7-11(10)13/h4-7,12,14H,3,8-9H2,1-2H3. The van der Waals surface area contributed by atoms with Gasteiger partial charge in [0.25, 0.3) is 0 Å². The van der Waals surface area contributed by atoms with Crippen LogP contribution in [0.5, 0.6) is 0 Å². The highest BCUT2D eigenvalue weighted by molar-refractivity contribution is 5.21. The smallest absolute Gasteiger partial charge is 0.127 e. The Kier molecular flexibility index (Phi) is 5.29. The number of benzene rings is 1. The van der Waals surface area contributed by atoms with Gasteiger partial charge in [0.1, 0.15) is 5.82 Å². The van der Waals surface area contributed by atoms with Crippen LogP contribution in [0.4, 0.5) is 4.39 Å². The number of methoxy groups -OCH3 is 1. The minimum Gasteiger partial charge on any atom is -0.385 e. The summed E-state index contributed by atoms with van der Waals surface area (Å²) in [7, 11) is 1.66. The first-order valence-electron chi connectivity index (χ1n) is 5.26. The molecule has 0 saturated carbocycles. The van der Waals surface area contributed by atoms with Crippen LogP contribution in [0.25, 0.3) is 0 Å². The number of hydrogen-bond acceptors (Lipinski definition) is 2. The van der Waals surface area contributed by atoms with E-state index >= 15 is 0 Å². The maximum Gasteiger partial charge on any atom is 0.127 e. The van der Waals surface area contributed by atoms with Crippen LogP contribution in [-0.4, -0.2) is 20.3 Å². The lowest BCUT2D eigenvalue weighted by atomic mass is 10.0. The molecular weight excluding hydrogens is 193 g/mol. The molecule has 15 heavy (non-hydrogen) atoms. The maximum absolute atomic E-state index is 13.5. The molecule has 1 rings (SSSR count). The Bertz CT molecular complexity index is 291. The lowest BCUT2D eigenvalue weighted by Gasteiger charge is -2.18. The predicted octanol–water partition coefficient (Wildman–Crippen LogP) is 2.51. The highest BCUT2D eigenvalue weighted by Crippen LogP contribution is 2.19. The summed E-state index contributed by atoms with van der Waals surface area (Å²) in [5, 5.41) is 3.25. The average Bonchev–Trinajstić information content (AvgIpc) is 2.25. The summed E-state index contributed by atoms with van der Waals surface area (Å²) in [5.41, 5.74) is 0.719. The SMILES string of the molecule is CCNC(CCOC)c1ccccc1F. The Morgan fingerprint density at radius 2 is 2.13 bits per heavy atom. The van der Waals surface area contributed by atoms with Gasteiger partial charge in [-0.1, -0.05) is 25.1 Å². The van der Waals surface area contributed by atoms with E-state index in [0.717, 1.165) is 18.5 Å². The number of nitrogens with one attached hydrogen (secondary N) is 1. The van der Waals surface area contributed by atoms with Crippen molar-refractivity contribution in [3.63, 3.8) is 0 Å². The number of ether oxygens (including phenoxy) is 1. The zero-order valence-electron chi connectivity index (χ0n) is 9.29. The van der Waals surface area contributed by atoms with Crippen LogP contribution in [0.2, 0.25) is 0 Å². The first-order valence-corrected chi connectivity index (χ1v) is 5.26. The van der Waals surface area contributed by atoms with Crippen LogP contribution < -0.4 is 5.32 Å². The number of halogens is 1. The zero-order chi connectivity index (χ0) is 11.1. The van der Waals surface area contributed by atoms with E-state index in [1.54, 1.807) is 13.2 Å². The molecule has 0 spiro atoms. The molecule has 2 nitrogen and oxygen atoms in total. The van der Waals surface area contributed by atoms with Gasteiger partial charge in [-0.15, -0.1) is 0 Å². The fourth-order valence-electron chi connectivity index (χ4n) is 1.61. The van der Waals surface area contributed by atoms with Gasteiger partial charge in [-0.3, -0.25) is 0 Å². The molecular formula is C12H18FNO. The molecule has 3 heteroatoms. The third-order valence-corrected chi connectivity index (χ3v) is 2.34. The summed E-state index contributed by atoms with van der Waals surface area (Å²) >= 11 is 0. The Balaban J connectivity index is 2.74. The van der Waals surface area contributed by atoms with Gasteiger partial charge in [-0.05, 0) is 19.0 Å². The second-order valence-electron chi connectivity index (χ2n) is 3.41. The third-order valence-electron chi connectivity index (χ3n) is 2.34. The molecule has 84 valence electrons. The van der Waals surface area contributed by atoms with Gasteiger partial charge >= 0.3 is 0 Å². The van der Waals surface area contributed by atoms with Gasteiger partial charge in [0.05, 0.1) is 0 Å². The van der Waals surface area contributed by atoms with Gasteiger partial charge in [0.15, 0.2) is 0 Å².